The van der Waals surface area contributed by atoms with E-state index in [1.54, 1.807) is 0 Å². The van der Waals surface area contributed by atoms with E-state index in [-0.39, 0.29) is 12.3 Å². The van der Waals surface area contributed by atoms with Crippen molar-refractivity contribution >= 4 is 27.8 Å². The predicted molar refractivity (Wildman–Crippen MR) is 111 cm³/mol. The standard InChI is InChI=1S/C23H18BrNO3/c24-19-12-6-1-7-14(19)13-20(23(27)28)25-22(26)21-17-10-4-2-8-15(17)16-9-3-5-11-18(16)21/h1-12,20-21H,13H2,(H,25,26)(H,27,28)/t20-/m1/s1. The predicted octanol–water partition coefficient (Wildman–Crippen LogP) is 4.37. The third-order valence-corrected chi connectivity index (χ3v) is 5.87. The average molecular weight is 436 g/mol. The van der Waals surface area contributed by atoms with Crippen molar-refractivity contribution < 1.29 is 14.7 Å². The minimum absolute atomic E-state index is 0.207. The number of nitrogens with one attached hydrogen (secondary N) is 1. The Morgan fingerprint density at radius 1 is 0.893 bits per heavy atom. The number of carbonyl (C=O) groups is 2. The number of rotatable bonds is 5. The van der Waals surface area contributed by atoms with Gasteiger partial charge in [0.15, 0.2) is 0 Å². The molecule has 0 aromatic heterocycles. The lowest BCUT2D eigenvalue weighted by Crippen LogP contribution is -2.44. The number of hydrogen-bond donors (Lipinski definition) is 2. The highest BCUT2D eigenvalue weighted by Gasteiger charge is 2.35. The number of halogens is 1. The molecule has 0 aliphatic heterocycles. The Balaban J connectivity index is 1.63. The number of aliphatic carboxylic acids is 1. The molecule has 2 N–H and O–H groups in total. The van der Waals surface area contributed by atoms with Crippen molar-refractivity contribution in [3.05, 3.63) is 94.0 Å². The van der Waals surface area contributed by atoms with Gasteiger partial charge < -0.3 is 10.4 Å². The highest BCUT2D eigenvalue weighted by atomic mass is 79.9. The van der Waals surface area contributed by atoms with Gasteiger partial charge in [0.25, 0.3) is 0 Å². The van der Waals surface area contributed by atoms with Gasteiger partial charge in [-0.25, -0.2) is 4.79 Å². The van der Waals surface area contributed by atoms with Crippen LogP contribution in [0.1, 0.15) is 22.6 Å². The van der Waals surface area contributed by atoms with Crippen molar-refractivity contribution in [2.75, 3.05) is 0 Å². The molecule has 4 nitrogen and oxygen atoms in total. The highest BCUT2D eigenvalue weighted by molar-refractivity contribution is 9.10. The Morgan fingerprint density at radius 3 is 2.00 bits per heavy atom. The molecule has 4 rings (SSSR count). The number of carboxylic acids is 1. The molecule has 0 spiro atoms. The lowest BCUT2D eigenvalue weighted by Gasteiger charge is -2.19. The maximum absolute atomic E-state index is 13.2. The molecule has 0 radical (unpaired) electrons. The second-order valence-electron chi connectivity index (χ2n) is 6.80. The molecule has 3 aromatic carbocycles. The zero-order valence-corrected chi connectivity index (χ0v) is 16.5. The van der Waals surface area contributed by atoms with E-state index in [1.165, 1.54) is 0 Å². The van der Waals surface area contributed by atoms with E-state index in [0.29, 0.717) is 0 Å². The fourth-order valence-corrected chi connectivity index (χ4v) is 4.22. The van der Waals surface area contributed by atoms with Gasteiger partial charge in [-0.3, -0.25) is 4.79 Å². The quantitative estimate of drug-likeness (QED) is 0.624. The number of hydrogen-bond acceptors (Lipinski definition) is 2. The number of amides is 1. The normalized spacial score (nSPS) is 13.5. The van der Waals surface area contributed by atoms with Crippen LogP contribution in [-0.4, -0.2) is 23.0 Å². The van der Waals surface area contributed by atoms with Crippen LogP contribution in [-0.2, 0) is 16.0 Å². The van der Waals surface area contributed by atoms with Crippen molar-refractivity contribution in [3.8, 4) is 11.1 Å². The van der Waals surface area contributed by atoms with Gasteiger partial charge in [-0.2, -0.15) is 0 Å². The summed E-state index contributed by atoms with van der Waals surface area (Å²) in [7, 11) is 0. The average Bonchev–Trinajstić information content (AvgIpc) is 3.03. The smallest absolute Gasteiger partial charge is 0.326 e. The van der Waals surface area contributed by atoms with Crippen LogP contribution in [0.25, 0.3) is 11.1 Å². The number of fused-ring (bicyclic) bond motifs is 3. The molecule has 0 unspecified atom stereocenters. The van der Waals surface area contributed by atoms with Gasteiger partial charge in [0, 0.05) is 10.9 Å². The van der Waals surface area contributed by atoms with Crippen LogP contribution >= 0.6 is 15.9 Å². The summed E-state index contributed by atoms with van der Waals surface area (Å²) in [6.45, 7) is 0. The topological polar surface area (TPSA) is 66.4 Å². The molecule has 0 bridgehead atoms. The van der Waals surface area contributed by atoms with Crippen molar-refractivity contribution in [1.29, 1.82) is 0 Å². The van der Waals surface area contributed by atoms with Crippen LogP contribution in [0.5, 0.6) is 0 Å². The van der Waals surface area contributed by atoms with Crippen LogP contribution in [0.3, 0.4) is 0 Å². The summed E-state index contributed by atoms with van der Waals surface area (Å²) in [4.78, 5) is 25.0. The van der Waals surface area contributed by atoms with Crippen molar-refractivity contribution in [2.24, 2.45) is 0 Å². The molecule has 0 saturated carbocycles. The Morgan fingerprint density at radius 2 is 1.43 bits per heavy atom. The first-order valence-corrected chi connectivity index (χ1v) is 9.80. The molecule has 0 heterocycles. The first-order valence-electron chi connectivity index (χ1n) is 9.01. The van der Waals surface area contributed by atoms with Crippen LogP contribution < -0.4 is 5.32 Å². The second-order valence-corrected chi connectivity index (χ2v) is 7.66. The molecule has 1 amide bonds. The molecule has 28 heavy (non-hydrogen) atoms. The Hall–Kier alpha value is -2.92. The van der Waals surface area contributed by atoms with Gasteiger partial charge in [0.2, 0.25) is 5.91 Å². The molecule has 140 valence electrons. The molecule has 5 heteroatoms. The van der Waals surface area contributed by atoms with Gasteiger partial charge in [-0.1, -0.05) is 82.7 Å². The molecule has 0 saturated heterocycles. The number of carboxylic acid groups (broad SMARTS) is 1. The highest BCUT2D eigenvalue weighted by Crippen LogP contribution is 2.44. The van der Waals surface area contributed by atoms with Gasteiger partial charge in [-0.15, -0.1) is 0 Å². The number of benzene rings is 3. The summed E-state index contributed by atoms with van der Waals surface area (Å²) in [6.07, 6.45) is 0.207. The van der Waals surface area contributed by atoms with E-state index in [9.17, 15) is 14.7 Å². The van der Waals surface area contributed by atoms with Crippen LogP contribution in [0.2, 0.25) is 0 Å². The first-order chi connectivity index (χ1) is 13.6. The molecular formula is C23H18BrNO3. The maximum Gasteiger partial charge on any atom is 0.326 e. The minimum Gasteiger partial charge on any atom is -0.480 e. The fraction of sp³-hybridized carbons (Fsp3) is 0.130. The minimum atomic E-state index is -1.05. The summed E-state index contributed by atoms with van der Waals surface area (Å²) in [5.74, 6) is -1.85. The fourth-order valence-electron chi connectivity index (χ4n) is 3.78. The first kappa shape index (κ1) is 18.4. The zero-order chi connectivity index (χ0) is 19.7. The molecule has 1 atom stereocenters. The van der Waals surface area contributed by atoms with Crippen LogP contribution in [0.4, 0.5) is 0 Å². The molecule has 1 aliphatic rings. The Kier molecular flexibility index (Phi) is 5.01. The van der Waals surface area contributed by atoms with E-state index in [0.717, 1.165) is 32.3 Å². The van der Waals surface area contributed by atoms with E-state index >= 15 is 0 Å². The molecular weight excluding hydrogens is 418 g/mol. The Bertz CT molecular complexity index is 1020. The Labute approximate surface area is 171 Å². The molecule has 0 fully saturated rings. The molecule has 3 aromatic rings. The van der Waals surface area contributed by atoms with Crippen LogP contribution in [0, 0.1) is 0 Å². The van der Waals surface area contributed by atoms with Crippen LogP contribution in [0.15, 0.2) is 77.3 Å². The third kappa shape index (κ3) is 3.34. The van der Waals surface area contributed by atoms with E-state index in [2.05, 4.69) is 21.2 Å². The zero-order valence-electron chi connectivity index (χ0n) is 14.9. The van der Waals surface area contributed by atoms with Gasteiger partial charge in [0.1, 0.15) is 6.04 Å². The van der Waals surface area contributed by atoms with Crippen molar-refractivity contribution in [3.63, 3.8) is 0 Å². The monoisotopic (exact) mass is 435 g/mol. The second kappa shape index (κ2) is 7.60. The lowest BCUT2D eigenvalue weighted by molar-refractivity contribution is -0.141. The number of carbonyl (C=O) groups excluding carboxylic acids is 1. The van der Waals surface area contributed by atoms with E-state index in [1.807, 2.05) is 72.8 Å². The largest absolute Gasteiger partial charge is 0.480 e. The summed E-state index contributed by atoms with van der Waals surface area (Å²) in [5.41, 5.74) is 4.70. The van der Waals surface area contributed by atoms with E-state index < -0.39 is 17.9 Å². The van der Waals surface area contributed by atoms with Crippen molar-refractivity contribution in [2.45, 2.75) is 18.4 Å². The van der Waals surface area contributed by atoms with Gasteiger partial charge >= 0.3 is 5.97 Å². The summed E-state index contributed by atoms with van der Waals surface area (Å²) in [6, 6.07) is 22.0. The van der Waals surface area contributed by atoms with Gasteiger partial charge in [-0.05, 0) is 33.9 Å². The lowest BCUT2D eigenvalue weighted by atomic mass is 9.95. The van der Waals surface area contributed by atoms with E-state index in [4.69, 9.17) is 0 Å². The SMILES string of the molecule is O=C(N[C@H](Cc1ccccc1Br)C(=O)O)C1c2ccccc2-c2ccccc21. The van der Waals surface area contributed by atoms with Gasteiger partial charge in [0.05, 0.1) is 5.92 Å². The summed E-state index contributed by atoms with van der Waals surface area (Å²) < 4.78 is 0.826. The maximum atomic E-state index is 13.2. The third-order valence-electron chi connectivity index (χ3n) is 5.09. The molecule has 1 aliphatic carbocycles. The summed E-state index contributed by atoms with van der Waals surface area (Å²) in [5, 5.41) is 12.4. The summed E-state index contributed by atoms with van der Waals surface area (Å²) >= 11 is 3.44. The van der Waals surface area contributed by atoms with Crippen molar-refractivity contribution in [1.82, 2.24) is 5.32 Å².